The highest BCUT2D eigenvalue weighted by Crippen LogP contribution is 2.72. The van der Waals surface area contributed by atoms with Crippen LogP contribution in [0, 0.1) is 22.7 Å². The van der Waals surface area contributed by atoms with E-state index in [1.54, 1.807) is 0 Å². The van der Waals surface area contributed by atoms with Gasteiger partial charge in [0.25, 0.3) is 0 Å². The van der Waals surface area contributed by atoms with E-state index in [4.69, 9.17) is 0 Å². The summed E-state index contributed by atoms with van der Waals surface area (Å²) >= 11 is 0. The van der Waals surface area contributed by atoms with E-state index in [0.717, 1.165) is 31.3 Å². The van der Waals surface area contributed by atoms with E-state index in [1.807, 2.05) is 6.92 Å². The van der Waals surface area contributed by atoms with Crippen LogP contribution in [0.2, 0.25) is 0 Å². The minimum absolute atomic E-state index is 0.0181. The first-order chi connectivity index (χ1) is 10.8. The van der Waals surface area contributed by atoms with Crippen molar-refractivity contribution < 1.29 is 19.8 Å². The first kappa shape index (κ1) is 15.5. The van der Waals surface area contributed by atoms with Gasteiger partial charge < -0.3 is 10.2 Å². The number of allylic oxidation sites excluding steroid dienone is 2. The third-order valence-corrected chi connectivity index (χ3v) is 8.01. The molecule has 3 saturated carbocycles. The van der Waals surface area contributed by atoms with Crippen molar-refractivity contribution in [2.75, 3.05) is 6.61 Å². The van der Waals surface area contributed by atoms with Gasteiger partial charge in [-0.05, 0) is 61.9 Å². The average Bonchev–Trinajstić information content (AvgIpc) is 2.85. The fourth-order valence-electron chi connectivity index (χ4n) is 6.63. The lowest BCUT2D eigenvalue weighted by molar-refractivity contribution is -0.137. The summed E-state index contributed by atoms with van der Waals surface area (Å²) in [7, 11) is 0. The van der Waals surface area contributed by atoms with Crippen LogP contribution in [0.1, 0.15) is 58.8 Å². The van der Waals surface area contributed by atoms with E-state index in [0.29, 0.717) is 24.8 Å². The molecule has 0 radical (unpaired) electrons. The molecule has 2 bridgehead atoms. The van der Waals surface area contributed by atoms with E-state index in [1.165, 1.54) is 0 Å². The molecule has 4 aliphatic carbocycles. The topological polar surface area (TPSA) is 74.6 Å². The minimum atomic E-state index is -0.981. The number of ketones is 2. The lowest BCUT2D eigenvalue weighted by Gasteiger charge is -2.58. The van der Waals surface area contributed by atoms with Gasteiger partial charge in [0.1, 0.15) is 0 Å². The molecule has 4 rings (SSSR count). The van der Waals surface area contributed by atoms with Gasteiger partial charge in [-0.1, -0.05) is 6.92 Å². The largest absolute Gasteiger partial charge is 0.393 e. The minimum Gasteiger partial charge on any atom is -0.393 e. The molecular weight excluding hydrogens is 292 g/mol. The van der Waals surface area contributed by atoms with E-state index in [2.05, 4.69) is 6.92 Å². The van der Waals surface area contributed by atoms with Gasteiger partial charge in [0.15, 0.2) is 11.6 Å². The van der Waals surface area contributed by atoms with Crippen LogP contribution in [0.3, 0.4) is 0 Å². The number of aliphatic hydroxyl groups is 2. The Morgan fingerprint density at radius 2 is 1.87 bits per heavy atom. The fraction of sp³-hybridized carbons (Fsp3) is 0.789. The highest BCUT2D eigenvalue weighted by molar-refractivity contribution is 6.09. The van der Waals surface area contributed by atoms with Crippen molar-refractivity contribution in [1.82, 2.24) is 0 Å². The molecule has 126 valence electrons. The van der Waals surface area contributed by atoms with Crippen molar-refractivity contribution in [3.8, 4) is 0 Å². The zero-order valence-corrected chi connectivity index (χ0v) is 14.0. The van der Waals surface area contributed by atoms with E-state index < -0.39 is 5.60 Å². The summed E-state index contributed by atoms with van der Waals surface area (Å²) in [6, 6.07) is 0. The molecule has 3 fully saturated rings. The Bertz CT molecular complexity index is 635. The van der Waals surface area contributed by atoms with E-state index in [-0.39, 0.29) is 40.8 Å². The van der Waals surface area contributed by atoms with Crippen LogP contribution in [0.25, 0.3) is 0 Å². The van der Waals surface area contributed by atoms with E-state index in [9.17, 15) is 19.8 Å². The second-order valence-electron chi connectivity index (χ2n) is 8.63. The molecule has 0 amide bonds. The van der Waals surface area contributed by atoms with Gasteiger partial charge in [-0.2, -0.15) is 0 Å². The molecule has 23 heavy (non-hydrogen) atoms. The SMILES string of the molecule is CC1=C2C(=O)C[C@H]3C[C@@H]4C[C@]3(CC[C@]4(O)CO)[C@@]2(C)CCC1=O. The zero-order chi connectivity index (χ0) is 16.6. The maximum atomic E-state index is 12.8. The van der Waals surface area contributed by atoms with Crippen molar-refractivity contribution >= 4 is 11.6 Å². The van der Waals surface area contributed by atoms with Crippen LogP contribution in [0.5, 0.6) is 0 Å². The molecule has 4 aliphatic rings. The van der Waals surface area contributed by atoms with Crippen LogP contribution < -0.4 is 0 Å². The first-order valence-corrected chi connectivity index (χ1v) is 8.88. The van der Waals surface area contributed by atoms with Gasteiger partial charge in [0.2, 0.25) is 0 Å². The highest BCUT2D eigenvalue weighted by Gasteiger charge is 2.68. The molecule has 4 nitrogen and oxygen atoms in total. The highest BCUT2D eigenvalue weighted by atomic mass is 16.3. The Kier molecular flexibility index (Phi) is 3.07. The van der Waals surface area contributed by atoms with Gasteiger partial charge in [-0.3, -0.25) is 9.59 Å². The van der Waals surface area contributed by atoms with Crippen LogP contribution in [-0.2, 0) is 9.59 Å². The molecular formula is C19H26O4. The van der Waals surface area contributed by atoms with Crippen LogP contribution in [0.15, 0.2) is 11.1 Å². The summed E-state index contributed by atoms with van der Waals surface area (Å²) in [4.78, 5) is 25.0. The van der Waals surface area contributed by atoms with Crippen LogP contribution in [-0.4, -0.2) is 34.0 Å². The second kappa shape index (κ2) is 4.54. The van der Waals surface area contributed by atoms with Gasteiger partial charge in [-0.25, -0.2) is 0 Å². The Hall–Kier alpha value is -1.00. The molecule has 0 aromatic heterocycles. The molecule has 0 saturated heterocycles. The summed E-state index contributed by atoms with van der Waals surface area (Å²) in [5, 5.41) is 20.4. The van der Waals surface area contributed by atoms with Gasteiger partial charge in [-0.15, -0.1) is 0 Å². The maximum Gasteiger partial charge on any atom is 0.160 e. The second-order valence-corrected chi connectivity index (χ2v) is 8.63. The number of Topliss-reactive ketones (excluding diaryl/α,β-unsaturated/α-hetero) is 2. The Morgan fingerprint density at radius 3 is 2.57 bits per heavy atom. The number of carbonyl (C=O) groups is 2. The summed E-state index contributed by atoms with van der Waals surface area (Å²) in [5.74, 6) is 0.634. The molecule has 0 heterocycles. The summed E-state index contributed by atoms with van der Waals surface area (Å²) in [5.41, 5.74) is 0.273. The summed E-state index contributed by atoms with van der Waals surface area (Å²) < 4.78 is 0. The number of hydrogen-bond acceptors (Lipinski definition) is 4. The summed E-state index contributed by atoms with van der Waals surface area (Å²) in [6.07, 6.45) is 4.96. The zero-order valence-electron chi connectivity index (χ0n) is 14.0. The fourth-order valence-corrected chi connectivity index (χ4v) is 6.63. The molecule has 1 spiro atoms. The monoisotopic (exact) mass is 318 g/mol. The molecule has 0 aromatic carbocycles. The normalized spacial score (nSPS) is 49.2. The van der Waals surface area contributed by atoms with Gasteiger partial charge >= 0.3 is 0 Å². The van der Waals surface area contributed by atoms with Crippen molar-refractivity contribution in [3.63, 3.8) is 0 Å². The Morgan fingerprint density at radius 1 is 1.13 bits per heavy atom. The molecule has 0 aliphatic heterocycles. The summed E-state index contributed by atoms with van der Waals surface area (Å²) in [6.45, 7) is 3.82. The predicted molar refractivity (Wildman–Crippen MR) is 84.6 cm³/mol. The van der Waals surface area contributed by atoms with E-state index >= 15 is 0 Å². The van der Waals surface area contributed by atoms with Crippen molar-refractivity contribution in [2.24, 2.45) is 22.7 Å². The quantitative estimate of drug-likeness (QED) is 0.777. The van der Waals surface area contributed by atoms with Gasteiger partial charge in [0.05, 0.1) is 12.2 Å². The van der Waals surface area contributed by atoms with Crippen LogP contribution >= 0.6 is 0 Å². The molecule has 4 heteroatoms. The number of aliphatic hydroxyl groups excluding tert-OH is 1. The lowest BCUT2D eigenvalue weighted by atomic mass is 9.45. The number of hydrogen-bond donors (Lipinski definition) is 2. The maximum absolute atomic E-state index is 12.8. The molecule has 0 unspecified atom stereocenters. The van der Waals surface area contributed by atoms with Crippen molar-refractivity contribution in [2.45, 2.75) is 64.4 Å². The lowest BCUT2D eigenvalue weighted by Crippen LogP contribution is -2.55. The molecule has 5 atom stereocenters. The van der Waals surface area contributed by atoms with Crippen molar-refractivity contribution in [3.05, 3.63) is 11.1 Å². The standard InChI is InChI=1S/C19H26O4/c1-11-14(21)3-4-17(2)16(11)15(22)8-12-7-13-9-18(12,17)5-6-19(13,23)10-20/h12-13,20,23H,3-10H2,1-2H3/t12-,13-,17+,18+,19+/m1/s1. The average molecular weight is 318 g/mol. The number of carbonyl (C=O) groups excluding carboxylic acids is 2. The number of rotatable bonds is 1. The molecule has 0 aromatic rings. The number of fused-ring (bicyclic) bond motifs is 2. The van der Waals surface area contributed by atoms with Crippen LogP contribution in [0.4, 0.5) is 0 Å². The third-order valence-electron chi connectivity index (χ3n) is 8.01. The predicted octanol–water partition coefficient (Wildman–Crippen LogP) is 2.17. The Labute approximate surface area is 137 Å². The molecule has 2 N–H and O–H groups in total. The first-order valence-electron chi connectivity index (χ1n) is 8.88. The van der Waals surface area contributed by atoms with Gasteiger partial charge in [0, 0.05) is 23.8 Å². The third kappa shape index (κ3) is 1.69. The van der Waals surface area contributed by atoms with Crippen molar-refractivity contribution in [1.29, 1.82) is 0 Å². The smallest absolute Gasteiger partial charge is 0.160 e. The Balaban J connectivity index is 1.85.